The summed E-state index contributed by atoms with van der Waals surface area (Å²) in [6, 6.07) is 0.178. The van der Waals surface area contributed by atoms with Gasteiger partial charge in [-0.1, -0.05) is 6.92 Å². The Kier molecular flexibility index (Phi) is 5.22. The van der Waals surface area contributed by atoms with Crippen molar-refractivity contribution in [3.8, 4) is 0 Å². The zero-order chi connectivity index (χ0) is 12.1. The molecule has 0 amide bonds. The molecule has 2 saturated heterocycles. The molecule has 0 spiro atoms. The number of likely N-dealkylation sites (tertiary alicyclic amines) is 1. The van der Waals surface area contributed by atoms with Crippen LogP contribution in [0.1, 0.15) is 32.6 Å². The van der Waals surface area contributed by atoms with Gasteiger partial charge in [-0.15, -0.1) is 0 Å². The second-order valence-electron chi connectivity index (χ2n) is 5.13. The van der Waals surface area contributed by atoms with Crippen LogP contribution in [-0.2, 0) is 9.47 Å². The van der Waals surface area contributed by atoms with E-state index in [4.69, 9.17) is 9.47 Å². The van der Waals surface area contributed by atoms with Gasteiger partial charge in [0.05, 0.1) is 24.9 Å². The molecule has 2 aliphatic rings. The molecule has 1 N–H and O–H groups in total. The zero-order valence-electron chi connectivity index (χ0n) is 10.8. The highest BCUT2D eigenvalue weighted by molar-refractivity contribution is 4.86. The van der Waals surface area contributed by atoms with Gasteiger partial charge in [0.2, 0.25) is 0 Å². The Morgan fingerprint density at radius 3 is 3.06 bits per heavy atom. The van der Waals surface area contributed by atoms with Gasteiger partial charge in [0, 0.05) is 19.8 Å². The van der Waals surface area contributed by atoms with Crippen LogP contribution in [0.15, 0.2) is 0 Å². The molecule has 0 aromatic carbocycles. The van der Waals surface area contributed by atoms with Gasteiger partial charge in [0.25, 0.3) is 0 Å². The summed E-state index contributed by atoms with van der Waals surface area (Å²) in [7, 11) is 0. The molecule has 0 aromatic rings. The number of hydrogen-bond donors (Lipinski definition) is 1. The number of piperidine rings is 1. The minimum Gasteiger partial charge on any atom is -0.391 e. The number of rotatable bonds is 4. The molecule has 0 aromatic heterocycles. The van der Waals surface area contributed by atoms with Crippen molar-refractivity contribution in [2.24, 2.45) is 0 Å². The quantitative estimate of drug-likeness (QED) is 0.800. The standard InChI is InChI=1S/C13H25NO3/c1-2-7-17-11-4-3-6-14(9-11)12-10-16-8-5-13(12)15/h11-13,15H,2-10H2,1H3. The Morgan fingerprint density at radius 1 is 1.41 bits per heavy atom. The zero-order valence-corrected chi connectivity index (χ0v) is 10.8. The fraction of sp³-hybridized carbons (Fsp3) is 1.00. The van der Waals surface area contributed by atoms with Gasteiger partial charge in [0.1, 0.15) is 0 Å². The SMILES string of the molecule is CCCOC1CCCN(C2COCCC2O)C1. The molecule has 0 aliphatic carbocycles. The number of aliphatic hydroxyl groups is 1. The maximum absolute atomic E-state index is 10.0. The van der Waals surface area contributed by atoms with Crippen molar-refractivity contribution in [2.45, 2.75) is 50.9 Å². The van der Waals surface area contributed by atoms with Crippen molar-refractivity contribution in [2.75, 3.05) is 32.9 Å². The summed E-state index contributed by atoms with van der Waals surface area (Å²) < 4.78 is 11.3. The van der Waals surface area contributed by atoms with Crippen molar-refractivity contribution in [1.82, 2.24) is 4.90 Å². The lowest BCUT2D eigenvalue weighted by molar-refractivity contribution is -0.0883. The van der Waals surface area contributed by atoms with Gasteiger partial charge >= 0.3 is 0 Å². The van der Waals surface area contributed by atoms with Crippen LogP contribution >= 0.6 is 0 Å². The molecule has 2 heterocycles. The summed E-state index contributed by atoms with van der Waals surface area (Å²) >= 11 is 0. The first-order chi connectivity index (χ1) is 8.31. The Hall–Kier alpha value is -0.160. The van der Waals surface area contributed by atoms with Crippen molar-refractivity contribution in [3.05, 3.63) is 0 Å². The van der Waals surface area contributed by atoms with E-state index in [2.05, 4.69) is 11.8 Å². The van der Waals surface area contributed by atoms with Gasteiger partial charge in [-0.25, -0.2) is 0 Å². The fourth-order valence-electron chi connectivity index (χ4n) is 2.75. The predicted octanol–water partition coefficient (Wildman–Crippen LogP) is 1.03. The molecule has 3 atom stereocenters. The number of hydrogen-bond acceptors (Lipinski definition) is 4. The highest BCUT2D eigenvalue weighted by Gasteiger charge is 2.32. The van der Waals surface area contributed by atoms with E-state index < -0.39 is 0 Å². The van der Waals surface area contributed by atoms with E-state index in [1.165, 1.54) is 0 Å². The smallest absolute Gasteiger partial charge is 0.0739 e. The normalized spacial score (nSPS) is 36.0. The minimum atomic E-state index is -0.228. The Labute approximate surface area is 104 Å². The van der Waals surface area contributed by atoms with Gasteiger partial charge in [-0.3, -0.25) is 4.90 Å². The third kappa shape index (κ3) is 3.65. The monoisotopic (exact) mass is 243 g/mol. The molecule has 4 heteroatoms. The van der Waals surface area contributed by atoms with Crippen LogP contribution in [0.4, 0.5) is 0 Å². The molecular weight excluding hydrogens is 218 g/mol. The molecule has 100 valence electrons. The lowest BCUT2D eigenvalue weighted by atomic mass is 10.0. The van der Waals surface area contributed by atoms with Crippen LogP contribution in [0.5, 0.6) is 0 Å². The van der Waals surface area contributed by atoms with Crippen LogP contribution < -0.4 is 0 Å². The van der Waals surface area contributed by atoms with Gasteiger partial charge < -0.3 is 14.6 Å². The van der Waals surface area contributed by atoms with Crippen molar-refractivity contribution in [1.29, 1.82) is 0 Å². The van der Waals surface area contributed by atoms with Crippen LogP contribution in [0.25, 0.3) is 0 Å². The first-order valence-electron chi connectivity index (χ1n) is 6.92. The van der Waals surface area contributed by atoms with Gasteiger partial charge in [-0.05, 0) is 32.2 Å². The van der Waals surface area contributed by atoms with Crippen LogP contribution in [-0.4, -0.2) is 61.2 Å². The van der Waals surface area contributed by atoms with Crippen molar-refractivity contribution in [3.63, 3.8) is 0 Å². The third-order valence-electron chi connectivity index (χ3n) is 3.73. The van der Waals surface area contributed by atoms with E-state index in [1.54, 1.807) is 0 Å². The second kappa shape index (κ2) is 6.69. The largest absolute Gasteiger partial charge is 0.391 e. The molecule has 2 rings (SSSR count). The number of ether oxygens (including phenoxy) is 2. The van der Waals surface area contributed by atoms with E-state index in [-0.39, 0.29) is 12.1 Å². The fourth-order valence-corrected chi connectivity index (χ4v) is 2.75. The molecule has 17 heavy (non-hydrogen) atoms. The van der Waals surface area contributed by atoms with E-state index in [1.807, 2.05) is 0 Å². The lowest BCUT2D eigenvalue weighted by Crippen LogP contribution is -2.54. The first-order valence-corrected chi connectivity index (χ1v) is 6.92. The lowest BCUT2D eigenvalue weighted by Gasteiger charge is -2.41. The molecule has 4 nitrogen and oxygen atoms in total. The Balaban J connectivity index is 1.83. The van der Waals surface area contributed by atoms with Crippen molar-refractivity contribution >= 4 is 0 Å². The van der Waals surface area contributed by atoms with Crippen LogP contribution in [0, 0.1) is 0 Å². The molecule has 0 saturated carbocycles. The number of nitrogens with zero attached hydrogens (tertiary/aromatic N) is 1. The predicted molar refractivity (Wildman–Crippen MR) is 66.1 cm³/mol. The summed E-state index contributed by atoms with van der Waals surface area (Å²) in [5.41, 5.74) is 0. The maximum atomic E-state index is 10.0. The highest BCUT2D eigenvalue weighted by atomic mass is 16.5. The number of aliphatic hydroxyl groups excluding tert-OH is 1. The third-order valence-corrected chi connectivity index (χ3v) is 3.73. The van der Waals surface area contributed by atoms with Gasteiger partial charge in [0.15, 0.2) is 0 Å². The minimum absolute atomic E-state index is 0.178. The first kappa shape index (κ1) is 13.3. The van der Waals surface area contributed by atoms with Crippen LogP contribution in [0.2, 0.25) is 0 Å². The maximum Gasteiger partial charge on any atom is 0.0739 e. The summed E-state index contributed by atoms with van der Waals surface area (Å²) in [6.07, 6.45) is 4.27. The Bertz CT molecular complexity index is 225. The van der Waals surface area contributed by atoms with E-state index in [9.17, 15) is 5.11 Å². The van der Waals surface area contributed by atoms with E-state index >= 15 is 0 Å². The topological polar surface area (TPSA) is 41.9 Å². The molecule has 0 bridgehead atoms. The van der Waals surface area contributed by atoms with Gasteiger partial charge in [-0.2, -0.15) is 0 Å². The van der Waals surface area contributed by atoms with E-state index in [0.29, 0.717) is 19.3 Å². The summed E-state index contributed by atoms with van der Waals surface area (Å²) in [6.45, 7) is 6.37. The summed E-state index contributed by atoms with van der Waals surface area (Å²) in [5.74, 6) is 0. The molecule has 3 unspecified atom stereocenters. The average Bonchev–Trinajstić information content (AvgIpc) is 2.37. The second-order valence-corrected chi connectivity index (χ2v) is 5.13. The van der Waals surface area contributed by atoms with E-state index in [0.717, 1.165) is 45.4 Å². The molecule has 0 radical (unpaired) electrons. The highest BCUT2D eigenvalue weighted by Crippen LogP contribution is 2.21. The molecule has 2 fully saturated rings. The molecular formula is C13H25NO3. The van der Waals surface area contributed by atoms with Crippen molar-refractivity contribution < 1.29 is 14.6 Å². The van der Waals surface area contributed by atoms with Crippen LogP contribution in [0.3, 0.4) is 0 Å². The molecule has 2 aliphatic heterocycles. The average molecular weight is 243 g/mol. The Morgan fingerprint density at radius 2 is 2.29 bits per heavy atom. The summed E-state index contributed by atoms with van der Waals surface area (Å²) in [4.78, 5) is 2.35. The summed E-state index contributed by atoms with van der Waals surface area (Å²) in [5, 5.41) is 10.0.